The molecule has 0 aromatic heterocycles. The quantitative estimate of drug-likeness (QED) is 0.0881. The van der Waals surface area contributed by atoms with E-state index in [1.165, 1.54) is 11.1 Å². The fourth-order valence-corrected chi connectivity index (χ4v) is 5.82. The molecule has 11 N–H and O–H groups in total. The van der Waals surface area contributed by atoms with Crippen LogP contribution in [0.25, 0.3) is 0 Å². The normalized spacial score (nSPS) is 17.3. The lowest BCUT2D eigenvalue weighted by molar-refractivity contribution is -0.131. The van der Waals surface area contributed by atoms with Crippen molar-refractivity contribution in [2.75, 3.05) is 6.54 Å². The van der Waals surface area contributed by atoms with Crippen molar-refractivity contribution in [1.29, 1.82) is 0 Å². The van der Waals surface area contributed by atoms with Gasteiger partial charge in [0, 0.05) is 24.1 Å². The van der Waals surface area contributed by atoms with Crippen molar-refractivity contribution < 1.29 is 14.4 Å². The number of hydrogen-bond acceptors (Lipinski definition) is 5. The fourth-order valence-electron chi connectivity index (χ4n) is 5.82. The number of nitrogens with zero attached hydrogens (tertiary/aromatic N) is 2. The van der Waals surface area contributed by atoms with Crippen molar-refractivity contribution >= 4 is 29.6 Å². The summed E-state index contributed by atoms with van der Waals surface area (Å²) in [5.41, 5.74) is 25.3. The minimum absolute atomic E-state index is 0.0225. The van der Waals surface area contributed by atoms with E-state index in [2.05, 4.69) is 57.1 Å². The van der Waals surface area contributed by atoms with Crippen molar-refractivity contribution in [3.63, 3.8) is 0 Å². The van der Waals surface area contributed by atoms with E-state index in [4.69, 9.17) is 22.9 Å². The van der Waals surface area contributed by atoms with Crippen LogP contribution >= 0.6 is 0 Å². The van der Waals surface area contributed by atoms with Crippen LogP contribution in [-0.4, -0.2) is 54.3 Å². The van der Waals surface area contributed by atoms with Crippen LogP contribution in [0.2, 0.25) is 0 Å². The molecule has 46 heavy (non-hydrogen) atoms. The maximum atomic E-state index is 13.8. The second-order valence-electron chi connectivity index (χ2n) is 12.5. The number of amides is 3. The van der Waals surface area contributed by atoms with Gasteiger partial charge in [-0.1, -0.05) is 68.7 Å². The molecule has 0 heterocycles. The first-order valence-corrected chi connectivity index (χ1v) is 16.1. The Hall–Kier alpha value is -4.61. The van der Waals surface area contributed by atoms with E-state index in [-0.39, 0.29) is 48.7 Å². The Morgan fingerprint density at radius 2 is 1.57 bits per heavy atom. The fraction of sp³-hybridized carbons (Fsp3) is 0.500. The number of rotatable bonds is 15. The molecule has 250 valence electrons. The summed E-state index contributed by atoms with van der Waals surface area (Å²) in [6, 6.07) is 13.5. The van der Waals surface area contributed by atoms with Gasteiger partial charge in [-0.25, -0.2) is 4.99 Å². The molecule has 0 spiro atoms. The first-order valence-electron chi connectivity index (χ1n) is 16.1. The first-order chi connectivity index (χ1) is 21.9. The maximum absolute atomic E-state index is 13.8. The molecule has 12 heteroatoms. The van der Waals surface area contributed by atoms with Gasteiger partial charge in [0.2, 0.25) is 11.8 Å². The van der Waals surface area contributed by atoms with E-state index < -0.39 is 23.9 Å². The van der Waals surface area contributed by atoms with E-state index in [0.29, 0.717) is 24.9 Å². The van der Waals surface area contributed by atoms with Gasteiger partial charge in [0.15, 0.2) is 11.9 Å². The number of hydrogen-bond donors (Lipinski definition) is 7. The smallest absolute Gasteiger partial charge is 0.251 e. The van der Waals surface area contributed by atoms with E-state index in [0.717, 1.165) is 31.2 Å². The number of nitrogens with two attached hydrogens (primary N) is 4. The number of nitrogens with one attached hydrogen (secondary N) is 3. The molecule has 2 aromatic carbocycles. The molecule has 1 unspecified atom stereocenters. The van der Waals surface area contributed by atoms with Gasteiger partial charge in [-0.15, -0.1) is 0 Å². The number of carbonyl (C=O) groups excluding carboxylic acids is 3. The van der Waals surface area contributed by atoms with E-state index in [9.17, 15) is 14.4 Å². The van der Waals surface area contributed by atoms with Crippen molar-refractivity contribution in [3.05, 3.63) is 70.8 Å². The molecule has 2 aromatic rings. The summed E-state index contributed by atoms with van der Waals surface area (Å²) < 4.78 is 0. The number of benzene rings is 2. The molecule has 3 rings (SSSR count). The minimum Gasteiger partial charge on any atom is -0.370 e. The average Bonchev–Trinajstić information content (AvgIpc) is 3.01. The first kappa shape index (κ1) is 35.9. The second kappa shape index (κ2) is 17.8. The molecule has 1 aliphatic carbocycles. The third-order valence-corrected chi connectivity index (χ3v) is 8.13. The van der Waals surface area contributed by atoms with Gasteiger partial charge in [0.1, 0.15) is 12.1 Å². The highest BCUT2D eigenvalue weighted by Gasteiger charge is 2.32. The standard InChI is InChI=1S/C34H51N9O3/c1-21(2)18-29(32(46)41-27-11-5-4-10-26(27)25-9-6-8-22(3)19-25)43-31(45)28(12-7-17-39-33(35)36)42-30(44)24-15-13-23(14-16-24)20-40-34(37)38/h6,8-9,13-16,19,21,26-29H,4-5,7,10-12,17-18,20H2,1-3H3,(H,41,46)(H,42,44)(H,43,45)(H4,35,36,39)(H4,37,38,40)/t26-,27?,28-,29-/m0/s1. The second-order valence-corrected chi connectivity index (χ2v) is 12.5. The van der Waals surface area contributed by atoms with Crippen LogP contribution in [0.3, 0.4) is 0 Å². The van der Waals surface area contributed by atoms with Crippen LogP contribution < -0.4 is 38.9 Å². The van der Waals surface area contributed by atoms with Crippen LogP contribution in [-0.2, 0) is 16.1 Å². The van der Waals surface area contributed by atoms with Gasteiger partial charge in [-0.05, 0) is 68.2 Å². The van der Waals surface area contributed by atoms with Crippen molar-refractivity contribution in [2.24, 2.45) is 38.8 Å². The van der Waals surface area contributed by atoms with Crippen LogP contribution in [0.4, 0.5) is 0 Å². The Labute approximate surface area is 272 Å². The molecule has 0 radical (unpaired) electrons. The maximum Gasteiger partial charge on any atom is 0.251 e. The summed E-state index contributed by atoms with van der Waals surface area (Å²) >= 11 is 0. The number of aliphatic imine (C=N–C) groups is 2. The Morgan fingerprint density at radius 1 is 0.870 bits per heavy atom. The van der Waals surface area contributed by atoms with Gasteiger partial charge < -0.3 is 38.9 Å². The molecule has 4 atom stereocenters. The van der Waals surface area contributed by atoms with Crippen LogP contribution in [0.5, 0.6) is 0 Å². The number of carbonyl (C=O) groups is 3. The van der Waals surface area contributed by atoms with E-state index >= 15 is 0 Å². The molecule has 1 aliphatic rings. The summed E-state index contributed by atoms with van der Waals surface area (Å²) in [7, 11) is 0. The van der Waals surface area contributed by atoms with Gasteiger partial charge in [-0.3, -0.25) is 19.4 Å². The molecule has 0 saturated heterocycles. The van der Waals surface area contributed by atoms with Crippen LogP contribution in [0, 0.1) is 12.8 Å². The Morgan fingerprint density at radius 3 is 2.22 bits per heavy atom. The highest BCUT2D eigenvalue weighted by atomic mass is 16.2. The van der Waals surface area contributed by atoms with E-state index in [1.807, 2.05) is 13.8 Å². The van der Waals surface area contributed by atoms with Gasteiger partial charge in [-0.2, -0.15) is 0 Å². The molecule has 0 aliphatic heterocycles. The minimum atomic E-state index is -0.916. The molecular weight excluding hydrogens is 582 g/mol. The lowest BCUT2D eigenvalue weighted by Gasteiger charge is -2.34. The average molecular weight is 634 g/mol. The Bertz CT molecular complexity index is 1370. The molecule has 12 nitrogen and oxygen atoms in total. The van der Waals surface area contributed by atoms with Crippen molar-refractivity contribution in [3.8, 4) is 0 Å². The number of guanidine groups is 2. The summed E-state index contributed by atoms with van der Waals surface area (Å²) in [5.74, 6) is -0.806. The zero-order valence-electron chi connectivity index (χ0n) is 27.3. The Balaban J connectivity index is 1.75. The molecule has 1 saturated carbocycles. The molecule has 0 bridgehead atoms. The number of aryl methyl sites for hydroxylation is 1. The Kier molecular flexibility index (Phi) is 13.9. The SMILES string of the molecule is Cc1cccc([C@@H]2CCCCC2NC(=O)[C@H](CC(C)C)NC(=O)[C@H](CCCN=C(N)N)NC(=O)c2ccc(CN=C(N)N)cc2)c1. The summed E-state index contributed by atoms with van der Waals surface area (Å²) in [6.45, 7) is 6.66. The summed E-state index contributed by atoms with van der Waals surface area (Å²) in [5, 5.41) is 9.08. The van der Waals surface area contributed by atoms with Gasteiger partial charge in [0.05, 0.1) is 6.54 Å². The molecule has 3 amide bonds. The monoisotopic (exact) mass is 633 g/mol. The highest BCUT2D eigenvalue weighted by molar-refractivity contribution is 5.98. The third-order valence-electron chi connectivity index (χ3n) is 8.13. The van der Waals surface area contributed by atoms with Crippen molar-refractivity contribution in [2.45, 2.75) is 96.3 Å². The van der Waals surface area contributed by atoms with Crippen LogP contribution in [0.1, 0.15) is 91.8 Å². The van der Waals surface area contributed by atoms with Gasteiger partial charge >= 0.3 is 0 Å². The lowest BCUT2D eigenvalue weighted by atomic mass is 9.79. The zero-order chi connectivity index (χ0) is 33.6. The zero-order valence-corrected chi connectivity index (χ0v) is 27.3. The molecule has 1 fully saturated rings. The summed E-state index contributed by atoms with van der Waals surface area (Å²) in [4.78, 5) is 48.7. The predicted molar refractivity (Wildman–Crippen MR) is 183 cm³/mol. The van der Waals surface area contributed by atoms with E-state index in [1.54, 1.807) is 24.3 Å². The largest absolute Gasteiger partial charge is 0.370 e. The van der Waals surface area contributed by atoms with Crippen molar-refractivity contribution in [1.82, 2.24) is 16.0 Å². The highest BCUT2D eigenvalue weighted by Crippen LogP contribution is 2.33. The topological polar surface area (TPSA) is 216 Å². The third kappa shape index (κ3) is 11.7. The lowest BCUT2D eigenvalue weighted by Crippen LogP contribution is -2.56. The van der Waals surface area contributed by atoms with Gasteiger partial charge in [0.25, 0.3) is 5.91 Å². The molecular formula is C34H51N9O3. The predicted octanol–water partition coefficient (Wildman–Crippen LogP) is 2.29. The summed E-state index contributed by atoms with van der Waals surface area (Å²) in [6.07, 6.45) is 5.17. The van der Waals surface area contributed by atoms with Crippen LogP contribution in [0.15, 0.2) is 58.5 Å².